The fraction of sp³-hybridized carbons (Fsp3) is 0.647. The number of hydrogen-bond donors (Lipinski definition) is 7. The van der Waals surface area contributed by atoms with Crippen LogP contribution in [0.1, 0.15) is 77.2 Å². The van der Waals surface area contributed by atoms with Crippen molar-refractivity contribution >= 4 is 35.5 Å². The molecule has 5 unspecified atom stereocenters. The largest absolute Gasteiger partial charge is 0.365 e. The van der Waals surface area contributed by atoms with Gasteiger partial charge in [-0.15, -0.1) is 0 Å². The Kier molecular flexibility index (Phi) is 15.9. The van der Waals surface area contributed by atoms with Crippen LogP contribution in [0.2, 0.25) is 0 Å². The van der Waals surface area contributed by atoms with Crippen LogP contribution in [0.25, 0.3) is 0 Å². The summed E-state index contributed by atoms with van der Waals surface area (Å²) in [5, 5.41) is 34.5. The number of aliphatic hydroxyl groups excluding tert-OH is 1. The van der Waals surface area contributed by atoms with Crippen LogP contribution in [-0.4, -0.2) is 82.5 Å². The van der Waals surface area contributed by atoms with Crippen molar-refractivity contribution in [1.82, 2.24) is 26.6 Å². The van der Waals surface area contributed by atoms with Crippen molar-refractivity contribution in [3.8, 4) is 0 Å². The van der Waals surface area contributed by atoms with E-state index >= 15 is 0 Å². The number of rotatable bonds is 21. The summed E-state index contributed by atoms with van der Waals surface area (Å²) in [6, 6.07) is 8.97. The number of unbranched alkanes of at least 4 members (excludes halogenated alkanes) is 4. The summed E-state index contributed by atoms with van der Waals surface area (Å²) in [5.74, 6) is -0.448. The normalized spacial score (nSPS) is 20.0. The molecular weight excluding hydrogens is 606 g/mol. The zero-order valence-electron chi connectivity index (χ0n) is 27.3. The predicted octanol–water partition coefficient (Wildman–Crippen LogP) is 2.76. The number of urea groups is 1. The van der Waals surface area contributed by atoms with Gasteiger partial charge < -0.3 is 36.8 Å². The first-order chi connectivity index (χ1) is 22.0. The highest BCUT2D eigenvalue weighted by Crippen LogP contribution is 2.33. The van der Waals surface area contributed by atoms with Crippen molar-refractivity contribution in [1.29, 1.82) is 0 Å². The molecule has 2 aliphatic rings. The van der Waals surface area contributed by atoms with Gasteiger partial charge in [-0.1, -0.05) is 70.0 Å². The Balaban J connectivity index is 1.31. The molecule has 0 bridgehead atoms. The van der Waals surface area contributed by atoms with Gasteiger partial charge in [-0.05, 0) is 49.2 Å². The van der Waals surface area contributed by atoms with Crippen LogP contribution in [0.4, 0.5) is 4.79 Å². The average molecular weight is 660 g/mol. The van der Waals surface area contributed by atoms with Crippen LogP contribution in [0, 0.1) is 11.8 Å². The Hall–Kier alpha value is -3.09. The lowest BCUT2D eigenvalue weighted by atomic mass is 9.89. The van der Waals surface area contributed by atoms with Crippen molar-refractivity contribution in [2.75, 3.05) is 18.8 Å². The Morgan fingerprint density at radius 2 is 1.65 bits per heavy atom. The number of amides is 5. The summed E-state index contributed by atoms with van der Waals surface area (Å²) >= 11 is 1.89. The van der Waals surface area contributed by atoms with E-state index in [1.165, 1.54) is 0 Å². The molecule has 0 aromatic heterocycles. The number of hydrogen-bond acceptors (Lipinski definition) is 7. The molecule has 0 radical (unpaired) electrons. The van der Waals surface area contributed by atoms with Gasteiger partial charge in [0.25, 0.3) is 0 Å². The van der Waals surface area contributed by atoms with Crippen LogP contribution >= 0.6 is 11.8 Å². The van der Waals surface area contributed by atoms with Crippen molar-refractivity contribution in [3.05, 3.63) is 48.0 Å². The van der Waals surface area contributed by atoms with Gasteiger partial charge in [0.1, 0.15) is 6.04 Å². The molecule has 1 aromatic carbocycles. The second kappa shape index (κ2) is 19.5. The maximum Gasteiger partial charge on any atom is 0.315 e. The highest BCUT2D eigenvalue weighted by Gasteiger charge is 2.42. The van der Waals surface area contributed by atoms with Crippen LogP contribution in [0.5, 0.6) is 0 Å². The number of carbonyl (C=O) groups is 4. The number of benzene rings is 1. The standard InChI is InChI=1S/C34H53N5O6S/c1-22(2)19-25(23(3)33(43)44)31(41)37-26(20-24-13-7-6-8-14-24)32(42)36-18-12-5-4-11-17-35-29(40)16-10-9-15-28-30-27(21-46-28)38-34(45)39-30/h6-8,13-14,22,25-28,30,33,43-44H,3-5,9-12,15-21H2,1-2H3,(H,35,40)(H,36,42)(H,37,41)(H2,38,39,45). The Bertz CT molecular complexity index is 1150. The van der Waals surface area contributed by atoms with Crippen LogP contribution in [-0.2, 0) is 20.8 Å². The van der Waals surface area contributed by atoms with Crippen molar-refractivity contribution in [2.24, 2.45) is 11.8 Å². The highest BCUT2D eigenvalue weighted by atomic mass is 32.2. The average Bonchev–Trinajstić information content (AvgIpc) is 3.57. The molecule has 256 valence electrons. The molecule has 12 heteroatoms. The third-order valence-corrected chi connectivity index (χ3v) is 10.0. The molecule has 2 fully saturated rings. The molecule has 5 atom stereocenters. The highest BCUT2D eigenvalue weighted by molar-refractivity contribution is 8.00. The lowest BCUT2D eigenvalue weighted by Gasteiger charge is -2.25. The summed E-state index contributed by atoms with van der Waals surface area (Å²) in [7, 11) is 0. The first kappa shape index (κ1) is 37.4. The van der Waals surface area contributed by atoms with E-state index in [4.69, 9.17) is 0 Å². The topological polar surface area (TPSA) is 169 Å². The second-order valence-electron chi connectivity index (χ2n) is 12.8. The van der Waals surface area contributed by atoms with Gasteiger partial charge in [-0.3, -0.25) is 14.4 Å². The van der Waals surface area contributed by atoms with E-state index in [1.807, 2.05) is 55.9 Å². The predicted molar refractivity (Wildman–Crippen MR) is 181 cm³/mol. The molecule has 11 nitrogen and oxygen atoms in total. The third kappa shape index (κ3) is 12.6. The van der Waals surface area contributed by atoms with Gasteiger partial charge in [-0.2, -0.15) is 11.8 Å². The quantitative estimate of drug-likeness (QED) is 0.0461. The second-order valence-corrected chi connectivity index (χ2v) is 14.1. The summed E-state index contributed by atoms with van der Waals surface area (Å²) in [6.45, 7) is 8.67. The van der Waals surface area contributed by atoms with Crippen molar-refractivity contribution in [3.63, 3.8) is 0 Å². The summed E-state index contributed by atoms with van der Waals surface area (Å²) in [6.07, 6.45) is 5.61. The van der Waals surface area contributed by atoms with E-state index in [2.05, 4.69) is 33.2 Å². The Morgan fingerprint density at radius 1 is 0.957 bits per heavy atom. The third-order valence-electron chi connectivity index (χ3n) is 8.52. The van der Waals surface area contributed by atoms with Crippen LogP contribution in [0.15, 0.2) is 42.5 Å². The minimum atomic E-state index is -1.82. The molecule has 3 rings (SSSR count). The summed E-state index contributed by atoms with van der Waals surface area (Å²) in [4.78, 5) is 50.1. The number of carbonyl (C=O) groups excluding carboxylic acids is 4. The first-order valence-corrected chi connectivity index (χ1v) is 17.7. The fourth-order valence-corrected chi connectivity index (χ4v) is 7.48. The fourth-order valence-electron chi connectivity index (χ4n) is 5.94. The van der Waals surface area contributed by atoms with E-state index in [-0.39, 0.29) is 41.4 Å². The minimum absolute atomic E-state index is 0.0111. The van der Waals surface area contributed by atoms with Crippen molar-refractivity contribution < 1.29 is 29.4 Å². The molecule has 1 aromatic rings. The number of fused-ring (bicyclic) bond motifs is 1. The maximum absolute atomic E-state index is 13.2. The lowest BCUT2D eigenvalue weighted by molar-refractivity contribution is -0.131. The van der Waals surface area contributed by atoms with Crippen LogP contribution in [0.3, 0.4) is 0 Å². The van der Waals surface area contributed by atoms with E-state index in [9.17, 15) is 29.4 Å². The van der Waals surface area contributed by atoms with Gasteiger partial charge in [-0.25, -0.2) is 4.79 Å². The molecule has 2 aliphatic heterocycles. The molecule has 7 N–H and O–H groups in total. The Labute approximate surface area is 277 Å². The molecule has 5 amide bonds. The first-order valence-electron chi connectivity index (χ1n) is 16.7. The summed E-state index contributed by atoms with van der Waals surface area (Å²) < 4.78 is 0. The zero-order chi connectivity index (χ0) is 33.5. The van der Waals surface area contributed by atoms with E-state index in [0.717, 1.165) is 56.3 Å². The van der Waals surface area contributed by atoms with E-state index < -0.39 is 24.2 Å². The molecular formula is C34H53N5O6S. The smallest absolute Gasteiger partial charge is 0.315 e. The zero-order valence-corrected chi connectivity index (χ0v) is 28.1. The Morgan fingerprint density at radius 3 is 2.33 bits per heavy atom. The molecule has 0 saturated carbocycles. The van der Waals surface area contributed by atoms with Gasteiger partial charge >= 0.3 is 6.03 Å². The monoisotopic (exact) mass is 659 g/mol. The SMILES string of the molecule is C=C(C(O)O)C(CC(C)C)C(=O)NC(Cc1ccccc1)C(=O)NCCCCCCNC(=O)CCCCC1SCC2NC(=O)NC21. The van der Waals surface area contributed by atoms with Gasteiger partial charge in [0.2, 0.25) is 17.7 Å². The molecule has 46 heavy (non-hydrogen) atoms. The molecule has 0 spiro atoms. The van der Waals surface area contributed by atoms with Crippen molar-refractivity contribution in [2.45, 2.75) is 108 Å². The number of aliphatic hydroxyl groups is 2. The number of thioether (sulfide) groups is 1. The maximum atomic E-state index is 13.2. The van der Waals surface area contributed by atoms with E-state index in [0.29, 0.717) is 37.6 Å². The molecule has 0 aliphatic carbocycles. The van der Waals surface area contributed by atoms with Gasteiger partial charge in [0.15, 0.2) is 6.29 Å². The summed E-state index contributed by atoms with van der Waals surface area (Å²) in [5.41, 5.74) is 0.908. The molecule has 2 saturated heterocycles. The minimum Gasteiger partial charge on any atom is -0.365 e. The van der Waals surface area contributed by atoms with Crippen LogP contribution < -0.4 is 26.6 Å². The van der Waals surface area contributed by atoms with Gasteiger partial charge in [0, 0.05) is 36.9 Å². The van der Waals surface area contributed by atoms with E-state index in [1.54, 1.807) is 0 Å². The van der Waals surface area contributed by atoms with Gasteiger partial charge in [0.05, 0.1) is 18.0 Å². The molecule has 2 heterocycles. The lowest BCUT2D eigenvalue weighted by Crippen LogP contribution is -2.50. The number of nitrogens with one attached hydrogen (secondary N) is 5.